The molecular weight excluding hydrogens is 254 g/mol. The van der Waals surface area contributed by atoms with Crippen LogP contribution in [0.1, 0.15) is 36.9 Å². The summed E-state index contributed by atoms with van der Waals surface area (Å²) in [5.41, 5.74) is 7.20. The van der Waals surface area contributed by atoms with Crippen molar-refractivity contribution < 1.29 is 12.9 Å². The Morgan fingerprint density at radius 2 is 1.89 bits per heavy atom. The van der Waals surface area contributed by atoms with Gasteiger partial charge in [-0.2, -0.15) is 0 Å². The minimum absolute atomic E-state index is 0.130. The second kappa shape index (κ2) is 4.89. The molecule has 18 heavy (non-hydrogen) atoms. The maximum absolute atomic E-state index is 12.2. The Hall–Kier alpha value is -1.08. The van der Waals surface area contributed by atoms with Gasteiger partial charge in [-0.25, -0.2) is 8.42 Å². The number of nitrogens with two attached hydrogens (primary N) is 1. The van der Waals surface area contributed by atoms with Crippen molar-refractivity contribution in [2.24, 2.45) is 5.73 Å². The summed E-state index contributed by atoms with van der Waals surface area (Å²) < 4.78 is 31.8. The lowest BCUT2D eigenvalue weighted by Gasteiger charge is -2.25. The number of nitrogens with zero attached hydrogens (tertiary/aromatic N) is 1. The van der Waals surface area contributed by atoms with Gasteiger partial charge >= 0.3 is 0 Å². The van der Waals surface area contributed by atoms with Crippen LogP contribution < -0.4 is 10.5 Å². The summed E-state index contributed by atoms with van der Waals surface area (Å²) in [7, 11) is -3.41. The quantitative estimate of drug-likeness (QED) is 0.865. The first-order valence-corrected chi connectivity index (χ1v) is 7.65. The normalized spacial score (nSPS) is 25.1. The summed E-state index contributed by atoms with van der Waals surface area (Å²) in [5.74, 6) is 0.224. The summed E-state index contributed by atoms with van der Waals surface area (Å²) in [6.45, 7) is 3.55. The third-order valence-corrected chi connectivity index (χ3v) is 5.37. The molecule has 1 aromatic heterocycles. The molecule has 1 fully saturated rings. The van der Waals surface area contributed by atoms with Crippen molar-refractivity contribution in [2.75, 3.05) is 4.72 Å². The van der Waals surface area contributed by atoms with E-state index in [-0.39, 0.29) is 17.2 Å². The van der Waals surface area contributed by atoms with E-state index in [0.717, 1.165) is 18.4 Å². The van der Waals surface area contributed by atoms with Gasteiger partial charge in [-0.05, 0) is 39.5 Å². The average Bonchev–Trinajstić information content (AvgIpc) is 2.61. The van der Waals surface area contributed by atoms with Gasteiger partial charge in [-0.3, -0.25) is 4.72 Å². The molecule has 0 unspecified atom stereocenters. The van der Waals surface area contributed by atoms with Crippen LogP contribution in [0.2, 0.25) is 0 Å². The van der Waals surface area contributed by atoms with Crippen LogP contribution in [0.15, 0.2) is 4.52 Å². The molecule has 1 aliphatic carbocycles. The fraction of sp³-hybridized carbons (Fsp3) is 0.727. The van der Waals surface area contributed by atoms with Crippen molar-refractivity contribution in [2.45, 2.75) is 50.8 Å². The zero-order valence-electron chi connectivity index (χ0n) is 10.6. The van der Waals surface area contributed by atoms with E-state index in [1.165, 1.54) is 0 Å². The zero-order valence-corrected chi connectivity index (χ0v) is 11.5. The highest BCUT2D eigenvalue weighted by atomic mass is 32.2. The van der Waals surface area contributed by atoms with Crippen LogP contribution in [0, 0.1) is 13.8 Å². The first-order chi connectivity index (χ1) is 8.40. The van der Waals surface area contributed by atoms with E-state index < -0.39 is 10.0 Å². The molecule has 1 saturated carbocycles. The Morgan fingerprint density at radius 1 is 1.28 bits per heavy atom. The molecule has 1 aromatic rings. The highest BCUT2D eigenvalue weighted by Crippen LogP contribution is 2.26. The van der Waals surface area contributed by atoms with Crippen LogP contribution in [-0.2, 0) is 10.0 Å². The van der Waals surface area contributed by atoms with E-state index in [1.807, 2.05) is 0 Å². The molecule has 6 nitrogen and oxygen atoms in total. The van der Waals surface area contributed by atoms with Crippen molar-refractivity contribution in [3.63, 3.8) is 0 Å². The predicted octanol–water partition coefficient (Wildman–Crippen LogP) is 1.30. The van der Waals surface area contributed by atoms with Crippen LogP contribution in [0.4, 0.5) is 5.88 Å². The lowest BCUT2D eigenvalue weighted by atomic mass is 9.96. The van der Waals surface area contributed by atoms with Crippen molar-refractivity contribution in [1.29, 1.82) is 0 Å². The molecule has 0 amide bonds. The van der Waals surface area contributed by atoms with Gasteiger partial charge in [-0.15, -0.1) is 0 Å². The molecule has 2 rings (SSSR count). The number of hydrogen-bond acceptors (Lipinski definition) is 5. The highest BCUT2D eigenvalue weighted by Gasteiger charge is 2.31. The summed E-state index contributed by atoms with van der Waals surface area (Å²) >= 11 is 0. The molecule has 3 N–H and O–H groups in total. The van der Waals surface area contributed by atoms with Gasteiger partial charge in [0.25, 0.3) is 0 Å². The van der Waals surface area contributed by atoms with E-state index in [1.54, 1.807) is 13.8 Å². The largest absolute Gasteiger partial charge is 0.337 e. The number of aryl methyl sites for hydroxylation is 1. The van der Waals surface area contributed by atoms with Crippen molar-refractivity contribution in [3.8, 4) is 0 Å². The molecule has 0 spiro atoms. The second-order valence-electron chi connectivity index (χ2n) is 4.91. The number of sulfonamides is 1. The SMILES string of the molecule is Cc1noc(NS(=O)(=O)C2CCC(N)CC2)c1C. The van der Waals surface area contributed by atoms with Crippen LogP contribution in [-0.4, -0.2) is 24.9 Å². The lowest BCUT2D eigenvalue weighted by molar-refractivity contribution is 0.424. The van der Waals surface area contributed by atoms with Crippen LogP contribution in [0.5, 0.6) is 0 Å². The molecule has 7 heteroatoms. The summed E-state index contributed by atoms with van der Waals surface area (Å²) in [5, 5.41) is 3.35. The number of hydrogen-bond donors (Lipinski definition) is 2. The van der Waals surface area contributed by atoms with Gasteiger partial charge in [0.2, 0.25) is 15.9 Å². The number of anilines is 1. The first kappa shape index (κ1) is 13.4. The Balaban J connectivity index is 2.10. The van der Waals surface area contributed by atoms with Gasteiger partial charge in [-0.1, -0.05) is 5.16 Å². The third-order valence-electron chi connectivity index (χ3n) is 3.55. The molecule has 1 aliphatic rings. The topological polar surface area (TPSA) is 98.2 Å². The van der Waals surface area contributed by atoms with Gasteiger partial charge in [0.05, 0.1) is 10.9 Å². The number of nitrogens with one attached hydrogen (secondary N) is 1. The standard InChI is InChI=1S/C11H19N3O3S/c1-7-8(2)13-17-11(7)14-18(15,16)10-5-3-9(12)4-6-10/h9-10,14H,3-6,12H2,1-2H3. The molecule has 0 atom stereocenters. The van der Waals surface area contributed by atoms with Crippen LogP contribution in [0.3, 0.4) is 0 Å². The zero-order chi connectivity index (χ0) is 13.3. The van der Waals surface area contributed by atoms with Gasteiger partial charge in [0, 0.05) is 11.6 Å². The van der Waals surface area contributed by atoms with Crippen molar-refractivity contribution >= 4 is 15.9 Å². The summed E-state index contributed by atoms with van der Waals surface area (Å²) in [6.07, 6.45) is 2.70. The summed E-state index contributed by atoms with van der Waals surface area (Å²) in [4.78, 5) is 0. The number of rotatable bonds is 3. The highest BCUT2D eigenvalue weighted by molar-refractivity contribution is 7.93. The van der Waals surface area contributed by atoms with E-state index >= 15 is 0 Å². The minimum Gasteiger partial charge on any atom is -0.337 e. The lowest BCUT2D eigenvalue weighted by Crippen LogP contribution is -2.36. The molecule has 0 bridgehead atoms. The third kappa shape index (κ3) is 2.67. The van der Waals surface area contributed by atoms with Crippen LogP contribution >= 0.6 is 0 Å². The fourth-order valence-electron chi connectivity index (χ4n) is 2.12. The Kier molecular flexibility index (Phi) is 3.63. The van der Waals surface area contributed by atoms with Crippen molar-refractivity contribution in [3.05, 3.63) is 11.3 Å². The van der Waals surface area contributed by atoms with E-state index in [0.29, 0.717) is 18.5 Å². The minimum atomic E-state index is -3.41. The fourth-order valence-corrected chi connectivity index (χ4v) is 3.63. The molecule has 0 aromatic carbocycles. The number of aromatic nitrogens is 1. The van der Waals surface area contributed by atoms with E-state index in [9.17, 15) is 8.42 Å². The van der Waals surface area contributed by atoms with Crippen LogP contribution in [0.25, 0.3) is 0 Å². The predicted molar refractivity (Wildman–Crippen MR) is 68.8 cm³/mol. The first-order valence-electron chi connectivity index (χ1n) is 6.10. The van der Waals surface area contributed by atoms with Gasteiger partial charge in [0.1, 0.15) is 0 Å². The second-order valence-corrected chi connectivity index (χ2v) is 6.87. The summed E-state index contributed by atoms with van der Waals surface area (Å²) in [6, 6.07) is 0.130. The molecule has 102 valence electrons. The van der Waals surface area contributed by atoms with Gasteiger partial charge in [0.15, 0.2) is 0 Å². The average molecular weight is 273 g/mol. The maximum Gasteiger partial charge on any atom is 0.241 e. The smallest absolute Gasteiger partial charge is 0.241 e. The monoisotopic (exact) mass is 273 g/mol. The van der Waals surface area contributed by atoms with Gasteiger partial charge < -0.3 is 10.3 Å². The molecule has 1 heterocycles. The maximum atomic E-state index is 12.2. The molecule has 0 radical (unpaired) electrons. The van der Waals surface area contributed by atoms with E-state index in [2.05, 4.69) is 9.88 Å². The Bertz CT molecular complexity index is 516. The Labute approximate surface area is 107 Å². The molecular formula is C11H19N3O3S. The molecule has 0 saturated heterocycles. The van der Waals surface area contributed by atoms with E-state index in [4.69, 9.17) is 10.3 Å². The molecule has 0 aliphatic heterocycles. The Morgan fingerprint density at radius 3 is 2.39 bits per heavy atom. The van der Waals surface area contributed by atoms with Crippen molar-refractivity contribution in [1.82, 2.24) is 5.16 Å².